The molecule has 0 bridgehead atoms. The van der Waals surface area contributed by atoms with Gasteiger partial charge in [-0.3, -0.25) is 9.59 Å². The minimum Gasteiger partial charge on any atom is -0.504 e. The maximum Gasteiger partial charge on any atom is 0.290 e. The molecular formula is C25H24BrNO6. The molecule has 0 radical (unpaired) electrons. The molecule has 2 N–H and O–H groups in total. The zero-order valence-corrected chi connectivity index (χ0v) is 19.9. The zero-order chi connectivity index (χ0) is 23.7. The normalized spacial score (nSPS) is 16.2. The van der Waals surface area contributed by atoms with Crippen molar-refractivity contribution in [1.82, 2.24) is 4.90 Å². The second-order valence-electron chi connectivity index (χ2n) is 7.80. The maximum atomic E-state index is 13.6. The fourth-order valence-corrected chi connectivity index (χ4v) is 4.40. The van der Waals surface area contributed by atoms with Crippen molar-refractivity contribution in [2.45, 2.75) is 32.7 Å². The maximum absolute atomic E-state index is 13.6. The van der Waals surface area contributed by atoms with Crippen LogP contribution in [0.5, 0.6) is 11.5 Å². The molecule has 172 valence electrons. The quantitative estimate of drug-likeness (QED) is 0.376. The second kappa shape index (κ2) is 9.31. The van der Waals surface area contributed by atoms with Crippen molar-refractivity contribution in [2.75, 3.05) is 13.2 Å². The highest BCUT2D eigenvalue weighted by molar-refractivity contribution is 9.10. The minimum absolute atomic E-state index is 0.0311. The Morgan fingerprint density at radius 2 is 1.94 bits per heavy atom. The van der Waals surface area contributed by atoms with E-state index < -0.39 is 23.5 Å². The summed E-state index contributed by atoms with van der Waals surface area (Å²) >= 11 is 3.40. The first-order chi connectivity index (χ1) is 15.8. The van der Waals surface area contributed by atoms with Crippen LogP contribution in [-0.2, 0) is 4.79 Å². The Labute approximate surface area is 199 Å². The molecule has 4 rings (SSSR count). The predicted octanol–water partition coefficient (Wildman–Crippen LogP) is 5.68. The van der Waals surface area contributed by atoms with Crippen molar-refractivity contribution < 1.29 is 29.0 Å². The van der Waals surface area contributed by atoms with Crippen molar-refractivity contribution in [2.24, 2.45) is 0 Å². The molecule has 1 aromatic heterocycles. The third kappa shape index (κ3) is 4.23. The van der Waals surface area contributed by atoms with E-state index >= 15 is 0 Å². The summed E-state index contributed by atoms with van der Waals surface area (Å²) in [6, 6.07) is 10.8. The number of aliphatic hydroxyl groups is 1. The van der Waals surface area contributed by atoms with Gasteiger partial charge in [0.05, 0.1) is 18.2 Å². The Bertz CT molecular complexity index is 1260. The van der Waals surface area contributed by atoms with E-state index in [2.05, 4.69) is 15.9 Å². The third-order valence-electron chi connectivity index (χ3n) is 5.60. The number of amides is 1. The minimum atomic E-state index is -0.837. The highest BCUT2D eigenvalue weighted by atomic mass is 79.9. The number of ether oxygens (including phenoxy) is 1. The van der Waals surface area contributed by atoms with E-state index in [1.807, 2.05) is 13.0 Å². The monoisotopic (exact) mass is 513 g/mol. The van der Waals surface area contributed by atoms with Gasteiger partial charge in [-0.1, -0.05) is 35.3 Å². The number of hydrogen-bond donors (Lipinski definition) is 2. The summed E-state index contributed by atoms with van der Waals surface area (Å²) in [4.78, 5) is 28.0. The van der Waals surface area contributed by atoms with Crippen LogP contribution in [0.2, 0.25) is 0 Å². The number of carbonyl (C=O) groups excluding carboxylic acids is 2. The summed E-state index contributed by atoms with van der Waals surface area (Å²) in [7, 11) is 0. The summed E-state index contributed by atoms with van der Waals surface area (Å²) < 4.78 is 12.1. The van der Waals surface area contributed by atoms with Gasteiger partial charge in [-0.25, -0.2) is 0 Å². The number of furan rings is 1. The van der Waals surface area contributed by atoms with Crippen LogP contribution in [0, 0.1) is 0 Å². The van der Waals surface area contributed by atoms with Gasteiger partial charge in [-0.05, 0) is 55.3 Å². The van der Waals surface area contributed by atoms with Crippen LogP contribution < -0.4 is 4.74 Å². The topological polar surface area (TPSA) is 100 Å². The molecule has 33 heavy (non-hydrogen) atoms. The molecule has 7 nitrogen and oxygen atoms in total. The SMILES string of the molecule is CCCCN1C(=O)C(O)=C(C(=O)c2cc3cc(Br)ccc3o2)C1c1ccc(O)c(OCC)c1. The standard InChI is InChI=1S/C25H24BrNO6/c1-3-5-10-27-22(14-6-8-17(28)19(12-14)32-4-2)21(24(30)25(27)31)23(29)20-13-15-11-16(26)7-9-18(15)33-20/h6-9,11-13,22,28,30H,3-5,10H2,1-2H3. The first-order valence-corrected chi connectivity index (χ1v) is 11.6. The van der Waals surface area contributed by atoms with Gasteiger partial charge in [0.25, 0.3) is 5.91 Å². The van der Waals surface area contributed by atoms with E-state index in [9.17, 15) is 19.8 Å². The Balaban J connectivity index is 1.81. The van der Waals surface area contributed by atoms with Gasteiger partial charge in [0.1, 0.15) is 5.58 Å². The number of fused-ring (bicyclic) bond motifs is 1. The summed E-state index contributed by atoms with van der Waals surface area (Å²) in [6.45, 7) is 4.48. The number of ketones is 1. The van der Waals surface area contributed by atoms with Crippen LogP contribution in [0.15, 0.2) is 62.7 Å². The predicted molar refractivity (Wildman–Crippen MR) is 127 cm³/mol. The first-order valence-electron chi connectivity index (χ1n) is 10.8. The fraction of sp³-hybridized carbons (Fsp3) is 0.280. The number of carbonyl (C=O) groups is 2. The van der Waals surface area contributed by atoms with Gasteiger partial charge in [-0.15, -0.1) is 0 Å². The average molecular weight is 514 g/mol. The molecule has 1 unspecified atom stereocenters. The zero-order valence-electron chi connectivity index (χ0n) is 18.3. The van der Waals surface area contributed by atoms with Gasteiger partial charge < -0.3 is 24.3 Å². The summed E-state index contributed by atoms with van der Waals surface area (Å²) in [5.41, 5.74) is 1.02. The molecule has 0 spiro atoms. The molecule has 0 saturated heterocycles. The molecule has 1 aliphatic heterocycles. The van der Waals surface area contributed by atoms with Crippen molar-refractivity contribution in [3.05, 3.63) is 69.6 Å². The molecule has 1 amide bonds. The number of halogens is 1. The molecular weight excluding hydrogens is 490 g/mol. The Kier molecular flexibility index (Phi) is 6.47. The highest BCUT2D eigenvalue weighted by Gasteiger charge is 2.44. The molecule has 0 aliphatic carbocycles. The summed E-state index contributed by atoms with van der Waals surface area (Å²) in [6.07, 6.45) is 1.53. The number of benzene rings is 2. The molecule has 0 fully saturated rings. The van der Waals surface area contributed by atoms with Crippen LogP contribution in [0.25, 0.3) is 11.0 Å². The van der Waals surface area contributed by atoms with E-state index in [0.717, 1.165) is 16.3 Å². The van der Waals surface area contributed by atoms with Crippen molar-refractivity contribution in [3.8, 4) is 11.5 Å². The number of aromatic hydroxyl groups is 1. The average Bonchev–Trinajstić information content (AvgIpc) is 3.32. The van der Waals surface area contributed by atoms with Crippen LogP contribution in [0.3, 0.4) is 0 Å². The van der Waals surface area contributed by atoms with Crippen molar-refractivity contribution in [3.63, 3.8) is 0 Å². The number of phenols is 1. The fourth-order valence-electron chi connectivity index (χ4n) is 4.02. The van der Waals surface area contributed by atoms with Crippen LogP contribution >= 0.6 is 15.9 Å². The molecule has 2 heterocycles. The molecule has 0 saturated carbocycles. The van der Waals surface area contributed by atoms with Gasteiger partial charge in [-0.2, -0.15) is 0 Å². The van der Waals surface area contributed by atoms with Crippen molar-refractivity contribution in [1.29, 1.82) is 0 Å². The lowest BCUT2D eigenvalue weighted by molar-refractivity contribution is -0.129. The molecule has 3 aromatic rings. The van der Waals surface area contributed by atoms with E-state index in [0.29, 0.717) is 30.7 Å². The number of rotatable bonds is 8. The molecule has 2 aromatic carbocycles. The highest BCUT2D eigenvalue weighted by Crippen LogP contribution is 2.42. The van der Waals surface area contributed by atoms with E-state index in [1.165, 1.54) is 11.0 Å². The molecule has 8 heteroatoms. The Morgan fingerprint density at radius 3 is 2.67 bits per heavy atom. The number of unbranched alkanes of at least 4 members (excludes halogenated alkanes) is 1. The largest absolute Gasteiger partial charge is 0.504 e. The van der Waals surface area contributed by atoms with Gasteiger partial charge >= 0.3 is 0 Å². The van der Waals surface area contributed by atoms with E-state index in [1.54, 1.807) is 37.3 Å². The second-order valence-corrected chi connectivity index (χ2v) is 8.71. The van der Waals surface area contributed by atoms with Crippen LogP contribution in [0.1, 0.15) is 48.8 Å². The van der Waals surface area contributed by atoms with Crippen LogP contribution in [-0.4, -0.2) is 40.0 Å². The smallest absolute Gasteiger partial charge is 0.290 e. The number of nitrogens with zero attached hydrogens (tertiary/aromatic N) is 1. The summed E-state index contributed by atoms with van der Waals surface area (Å²) in [5, 5.41) is 21.6. The lowest BCUT2D eigenvalue weighted by atomic mass is 9.94. The Hall–Kier alpha value is -3.26. The summed E-state index contributed by atoms with van der Waals surface area (Å²) in [5.74, 6) is -1.54. The third-order valence-corrected chi connectivity index (χ3v) is 6.10. The van der Waals surface area contributed by atoms with E-state index in [-0.39, 0.29) is 22.8 Å². The van der Waals surface area contributed by atoms with Crippen LogP contribution in [0.4, 0.5) is 0 Å². The molecule has 1 atom stereocenters. The number of Topliss-reactive ketones (excluding diaryl/α,β-unsaturated/α-hetero) is 1. The lowest BCUT2D eigenvalue weighted by Gasteiger charge is -2.27. The lowest BCUT2D eigenvalue weighted by Crippen LogP contribution is -2.32. The van der Waals surface area contributed by atoms with Gasteiger partial charge in [0, 0.05) is 16.4 Å². The van der Waals surface area contributed by atoms with Crippen molar-refractivity contribution >= 4 is 38.6 Å². The van der Waals surface area contributed by atoms with Gasteiger partial charge in [0.2, 0.25) is 5.78 Å². The number of hydrogen-bond acceptors (Lipinski definition) is 6. The Morgan fingerprint density at radius 1 is 1.15 bits per heavy atom. The first kappa shape index (κ1) is 22.9. The number of phenolic OH excluding ortho intramolecular Hbond substituents is 1. The van der Waals surface area contributed by atoms with E-state index in [4.69, 9.17) is 9.15 Å². The number of aliphatic hydroxyl groups excluding tert-OH is 1. The van der Waals surface area contributed by atoms with Gasteiger partial charge in [0.15, 0.2) is 23.0 Å². The molecule has 1 aliphatic rings.